The zero-order valence-corrected chi connectivity index (χ0v) is 15.1. The highest BCUT2D eigenvalue weighted by atomic mass is 32.1. The van der Waals surface area contributed by atoms with Crippen LogP contribution < -0.4 is 15.0 Å². The molecule has 0 saturated heterocycles. The monoisotopic (exact) mass is 345 g/mol. The van der Waals surface area contributed by atoms with Crippen LogP contribution in [0.2, 0.25) is 0 Å². The SMILES string of the molecule is COc1ccccc1CCNC(=O)C[NH+]1CCc2sccc2[C@@H]1C. The van der Waals surface area contributed by atoms with Crippen molar-refractivity contribution in [2.24, 2.45) is 0 Å². The standard InChI is InChI=1S/C19H24N2O2S/c1-14-16-9-12-24-18(16)8-11-21(14)13-19(22)20-10-7-15-5-3-4-6-17(15)23-2/h3-6,9,12,14H,7-8,10-11,13H2,1-2H3,(H,20,22)/p+1/t14-/m0/s1. The summed E-state index contributed by atoms with van der Waals surface area (Å²) >= 11 is 1.84. The van der Waals surface area contributed by atoms with Crippen LogP contribution in [-0.4, -0.2) is 32.7 Å². The van der Waals surface area contributed by atoms with Crippen molar-refractivity contribution in [3.05, 3.63) is 51.7 Å². The van der Waals surface area contributed by atoms with Gasteiger partial charge in [0.05, 0.1) is 13.7 Å². The molecule has 2 aromatic rings. The van der Waals surface area contributed by atoms with Gasteiger partial charge in [0, 0.05) is 23.4 Å². The topological polar surface area (TPSA) is 42.8 Å². The van der Waals surface area contributed by atoms with Crippen molar-refractivity contribution in [1.82, 2.24) is 5.32 Å². The Morgan fingerprint density at radius 1 is 1.38 bits per heavy atom. The number of carbonyl (C=O) groups is 1. The smallest absolute Gasteiger partial charge is 0.275 e. The van der Waals surface area contributed by atoms with Crippen molar-refractivity contribution < 1.29 is 14.4 Å². The summed E-state index contributed by atoms with van der Waals surface area (Å²) in [5, 5.41) is 5.22. The molecule has 5 heteroatoms. The Labute approximate surface area is 147 Å². The number of amides is 1. The van der Waals surface area contributed by atoms with Crippen LogP contribution in [0.1, 0.15) is 29.0 Å². The molecular formula is C19H25N2O2S+. The molecule has 0 saturated carbocycles. The molecule has 0 aliphatic carbocycles. The van der Waals surface area contributed by atoms with E-state index in [0.717, 1.165) is 30.7 Å². The van der Waals surface area contributed by atoms with Crippen molar-refractivity contribution in [3.8, 4) is 5.75 Å². The average molecular weight is 345 g/mol. The first-order valence-electron chi connectivity index (χ1n) is 8.48. The van der Waals surface area contributed by atoms with Gasteiger partial charge < -0.3 is 15.0 Å². The summed E-state index contributed by atoms with van der Waals surface area (Å²) in [5.74, 6) is 1.01. The van der Waals surface area contributed by atoms with E-state index in [4.69, 9.17) is 4.74 Å². The predicted octanol–water partition coefficient (Wildman–Crippen LogP) is 1.62. The molecule has 0 fully saturated rings. The minimum atomic E-state index is 0.130. The summed E-state index contributed by atoms with van der Waals surface area (Å²) in [6.45, 7) is 4.45. The van der Waals surface area contributed by atoms with Gasteiger partial charge in [0.15, 0.2) is 6.54 Å². The lowest BCUT2D eigenvalue weighted by molar-refractivity contribution is -0.924. The minimum absolute atomic E-state index is 0.130. The minimum Gasteiger partial charge on any atom is -0.496 e. The number of nitrogens with one attached hydrogen (secondary N) is 2. The van der Waals surface area contributed by atoms with Gasteiger partial charge in [-0.15, -0.1) is 11.3 Å². The maximum atomic E-state index is 12.3. The second-order valence-corrected chi connectivity index (χ2v) is 7.27. The molecule has 1 aliphatic rings. The van der Waals surface area contributed by atoms with Crippen LogP contribution in [0, 0.1) is 0 Å². The maximum Gasteiger partial charge on any atom is 0.275 e. The summed E-state index contributed by atoms with van der Waals surface area (Å²) in [6, 6.07) is 10.6. The zero-order chi connectivity index (χ0) is 16.9. The van der Waals surface area contributed by atoms with E-state index in [2.05, 4.69) is 23.7 Å². The van der Waals surface area contributed by atoms with Crippen LogP contribution in [0.4, 0.5) is 0 Å². The van der Waals surface area contributed by atoms with Gasteiger partial charge in [-0.3, -0.25) is 4.79 Å². The molecule has 128 valence electrons. The van der Waals surface area contributed by atoms with Gasteiger partial charge in [-0.2, -0.15) is 0 Å². The third-order valence-corrected chi connectivity index (χ3v) is 5.83. The van der Waals surface area contributed by atoms with Crippen LogP contribution in [0.3, 0.4) is 0 Å². The molecule has 24 heavy (non-hydrogen) atoms. The first-order valence-corrected chi connectivity index (χ1v) is 9.36. The Kier molecular flexibility index (Phi) is 5.53. The number of ether oxygens (including phenoxy) is 1. The van der Waals surface area contributed by atoms with Crippen LogP contribution in [0.25, 0.3) is 0 Å². The number of para-hydroxylation sites is 1. The summed E-state index contributed by atoms with van der Waals surface area (Å²) < 4.78 is 5.35. The van der Waals surface area contributed by atoms with Gasteiger partial charge in [0.2, 0.25) is 0 Å². The van der Waals surface area contributed by atoms with Crippen molar-refractivity contribution >= 4 is 17.2 Å². The van der Waals surface area contributed by atoms with E-state index in [9.17, 15) is 4.79 Å². The second-order valence-electron chi connectivity index (χ2n) is 6.27. The summed E-state index contributed by atoms with van der Waals surface area (Å²) in [7, 11) is 1.68. The lowest BCUT2D eigenvalue weighted by Crippen LogP contribution is -3.14. The van der Waals surface area contributed by atoms with Gasteiger partial charge in [0.1, 0.15) is 11.8 Å². The van der Waals surface area contributed by atoms with Crippen LogP contribution >= 0.6 is 11.3 Å². The van der Waals surface area contributed by atoms with E-state index < -0.39 is 0 Å². The summed E-state index contributed by atoms with van der Waals surface area (Å²) in [5.41, 5.74) is 2.55. The van der Waals surface area contributed by atoms with E-state index in [-0.39, 0.29) is 5.91 Å². The predicted molar refractivity (Wildman–Crippen MR) is 96.8 cm³/mol. The number of fused-ring (bicyclic) bond motifs is 1. The Bertz CT molecular complexity index is 698. The first kappa shape index (κ1) is 17.0. The number of benzene rings is 1. The quantitative estimate of drug-likeness (QED) is 0.835. The Balaban J connectivity index is 1.48. The Morgan fingerprint density at radius 3 is 3.04 bits per heavy atom. The van der Waals surface area contributed by atoms with E-state index in [0.29, 0.717) is 19.1 Å². The lowest BCUT2D eigenvalue weighted by Gasteiger charge is -2.29. The molecule has 2 atom stereocenters. The van der Waals surface area contributed by atoms with E-state index in [1.54, 1.807) is 7.11 Å². The fraction of sp³-hybridized carbons (Fsp3) is 0.421. The average Bonchev–Trinajstić information content (AvgIpc) is 3.07. The third-order valence-electron chi connectivity index (χ3n) is 4.83. The normalized spacial score (nSPS) is 19.6. The maximum absolute atomic E-state index is 12.3. The third kappa shape index (κ3) is 3.79. The Morgan fingerprint density at radius 2 is 2.21 bits per heavy atom. The van der Waals surface area contributed by atoms with Crippen LogP contribution in [0.5, 0.6) is 5.75 Å². The van der Waals surface area contributed by atoms with Crippen molar-refractivity contribution in [3.63, 3.8) is 0 Å². The van der Waals surface area contributed by atoms with Gasteiger partial charge >= 0.3 is 0 Å². The molecule has 1 aliphatic heterocycles. The number of quaternary nitrogens is 1. The fourth-order valence-corrected chi connectivity index (χ4v) is 4.39. The van der Waals surface area contributed by atoms with E-state index >= 15 is 0 Å². The van der Waals surface area contributed by atoms with Crippen molar-refractivity contribution in [2.75, 3.05) is 26.7 Å². The highest BCUT2D eigenvalue weighted by Crippen LogP contribution is 2.24. The summed E-state index contributed by atoms with van der Waals surface area (Å²) in [6.07, 6.45) is 1.87. The molecule has 2 N–H and O–H groups in total. The van der Waals surface area contributed by atoms with Crippen LogP contribution in [-0.2, 0) is 17.6 Å². The number of rotatable bonds is 6. The molecule has 1 unspecified atom stereocenters. The van der Waals surface area contributed by atoms with E-state index in [1.807, 2.05) is 35.6 Å². The number of hydrogen-bond acceptors (Lipinski definition) is 3. The molecule has 2 heterocycles. The number of hydrogen-bond donors (Lipinski definition) is 2. The van der Waals surface area contributed by atoms with Gasteiger partial charge in [0.25, 0.3) is 5.91 Å². The number of methoxy groups -OCH3 is 1. The van der Waals surface area contributed by atoms with E-state index in [1.165, 1.54) is 15.3 Å². The summed E-state index contributed by atoms with van der Waals surface area (Å²) in [4.78, 5) is 15.1. The number of carbonyl (C=O) groups excluding carboxylic acids is 1. The molecule has 1 aromatic carbocycles. The molecule has 0 radical (unpaired) electrons. The first-order chi connectivity index (χ1) is 11.7. The fourth-order valence-electron chi connectivity index (χ4n) is 3.41. The molecule has 0 bridgehead atoms. The molecule has 4 nitrogen and oxygen atoms in total. The van der Waals surface area contributed by atoms with Crippen LogP contribution in [0.15, 0.2) is 35.7 Å². The number of thiophene rings is 1. The molecule has 1 amide bonds. The van der Waals surface area contributed by atoms with Crippen molar-refractivity contribution in [2.45, 2.75) is 25.8 Å². The second kappa shape index (κ2) is 7.81. The molecular weight excluding hydrogens is 320 g/mol. The Hall–Kier alpha value is -1.85. The molecule has 1 aromatic heterocycles. The largest absolute Gasteiger partial charge is 0.496 e. The highest BCUT2D eigenvalue weighted by molar-refractivity contribution is 7.10. The van der Waals surface area contributed by atoms with Gasteiger partial charge in [-0.05, 0) is 36.4 Å². The van der Waals surface area contributed by atoms with Gasteiger partial charge in [-0.25, -0.2) is 0 Å². The lowest BCUT2D eigenvalue weighted by atomic mass is 10.0. The molecule has 3 rings (SSSR count). The van der Waals surface area contributed by atoms with Gasteiger partial charge in [-0.1, -0.05) is 18.2 Å². The van der Waals surface area contributed by atoms with Crippen molar-refractivity contribution in [1.29, 1.82) is 0 Å². The zero-order valence-electron chi connectivity index (χ0n) is 14.3. The highest BCUT2D eigenvalue weighted by Gasteiger charge is 2.29. The molecule has 0 spiro atoms.